The molecule has 0 saturated heterocycles. The van der Waals surface area contributed by atoms with Gasteiger partial charge in [-0.2, -0.15) is 0 Å². The molecule has 0 aromatic heterocycles. The molecule has 0 atom stereocenters. The van der Waals surface area contributed by atoms with Gasteiger partial charge >= 0.3 is 6.09 Å². The molecule has 0 bridgehead atoms. The third-order valence-corrected chi connectivity index (χ3v) is 3.56. The molecular formula is C13H17BrN2O4. The van der Waals surface area contributed by atoms with Crippen LogP contribution in [0.25, 0.3) is 0 Å². The van der Waals surface area contributed by atoms with E-state index < -0.39 is 16.6 Å². The van der Waals surface area contributed by atoms with Gasteiger partial charge in [0.1, 0.15) is 11.3 Å². The fraction of sp³-hybridized carbons (Fsp3) is 0.462. The molecule has 0 unspecified atom stereocenters. The van der Waals surface area contributed by atoms with Crippen LogP contribution in [0.1, 0.15) is 31.9 Å². The van der Waals surface area contributed by atoms with E-state index in [0.29, 0.717) is 4.47 Å². The molecule has 0 aliphatic heterocycles. The Morgan fingerprint density at radius 1 is 1.40 bits per heavy atom. The van der Waals surface area contributed by atoms with Crippen molar-refractivity contribution in [2.45, 2.75) is 40.2 Å². The second kappa shape index (κ2) is 5.78. The van der Waals surface area contributed by atoms with Crippen molar-refractivity contribution in [3.05, 3.63) is 31.8 Å². The summed E-state index contributed by atoms with van der Waals surface area (Å²) in [6.45, 7) is 8.73. The van der Waals surface area contributed by atoms with Crippen LogP contribution in [0.3, 0.4) is 0 Å². The van der Waals surface area contributed by atoms with E-state index in [9.17, 15) is 14.9 Å². The van der Waals surface area contributed by atoms with Crippen molar-refractivity contribution in [2.24, 2.45) is 0 Å². The van der Waals surface area contributed by atoms with Gasteiger partial charge in [0.15, 0.2) is 0 Å². The first kappa shape index (κ1) is 16.4. The first-order valence-corrected chi connectivity index (χ1v) is 6.76. The summed E-state index contributed by atoms with van der Waals surface area (Å²) in [5.41, 5.74) is 0.837. The van der Waals surface area contributed by atoms with E-state index in [0.717, 1.165) is 11.1 Å². The van der Waals surface area contributed by atoms with Crippen molar-refractivity contribution in [3.8, 4) is 0 Å². The number of hydrogen-bond donors (Lipinski definition) is 1. The van der Waals surface area contributed by atoms with Gasteiger partial charge in [-0.3, -0.25) is 15.4 Å². The molecule has 1 rings (SSSR count). The number of anilines is 1. The maximum atomic E-state index is 11.8. The van der Waals surface area contributed by atoms with Gasteiger partial charge in [-0.1, -0.05) is 0 Å². The number of ether oxygens (including phenoxy) is 1. The minimum atomic E-state index is -0.732. The van der Waals surface area contributed by atoms with Gasteiger partial charge in [-0.15, -0.1) is 0 Å². The van der Waals surface area contributed by atoms with E-state index in [-0.39, 0.29) is 11.4 Å². The van der Waals surface area contributed by atoms with E-state index in [2.05, 4.69) is 21.2 Å². The van der Waals surface area contributed by atoms with Gasteiger partial charge < -0.3 is 4.74 Å². The Morgan fingerprint density at radius 3 is 2.40 bits per heavy atom. The molecule has 0 heterocycles. The summed E-state index contributed by atoms with van der Waals surface area (Å²) in [6, 6.07) is 1.42. The number of hydrogen-bond acceptors (Lipinski definition) is 4. The van der Waals surface area contributed by atoms with Crippen LogP contribution in [0.4, 0.5) is 16.2 Å². The maximum Gasteiger partial charge on any atom is 0.412 e. The lowest BCUT2D eigenvalue weighted by molar-refractivity contribution is -0.384. The van der Waals surface area contributed by atoms with E-state index in [1.165, 1.54) is 6.07 Å². The highest BCUT2D eigenvalue weighted by molar-refractivity contribution is 9.10. The minimum Gasteiger partial charge on any atom is -0.444 e. The molecule has 0 aliphatic carbocycles. The summed E-state index contributed by atoms with van der Waals surface area (Å²) in [5, 5.41) is 13.5. The Morgan fingerprint density at radius 2 is 1.95 bits per heavy atom. The highest BCUT2D eigenvalue weighted by atomic mass is 79.9. The summed E-state index contributed by atoms with van der Waals surface area (Å²) in [6.07, 6.45) is -0.732. The number of carbonyl (C=O) groups excluding carboxylic acids is 1. The number of nitrogens with one attached hydrogen (secondary N) is 1. The van der Waals surface area contributed by atoms with Gasteiger partial charge in [-0.05, 0) is 61.7 Å². The summed E-state index contributed by atoms with van der Waals surface area (Å²) < 4.78 is 5.59. The number of halogens is 1. The summed E-state index contributed by atoms with van der Waals surface area (Å²) in [7, 11) is 0. The lowest BCUT2D eigenvalue weighted by Gasteiger charge is -2.20. The first-order valence-electron chi connectivity index (χ1n) is 5.97. The predicted molar refractivity (Wildman–Crippen MR) is 80.1 cm³/mol. The average molecular weight is 345 g/mol. The number of amides is 1. The Balaban J connectivity index is 3.20. The van der Waals surface area contributed by atoms with Gasteiger partial charge in [0.25, 0.3) is 5.69 Å². The molecule has 1 aromatic carbocycles. The molecule has 0 fully saturated rings. The van der Waals surface area contributed by atoms with Crippen LogP contribution in [0.5, 0.6) is 0 Å². The zero-order valence-corrected chi connectivity index (χ0v) is 13.6. The standard InChI is InChI=1S/C13H17BrN2O4/c1-7-6-9(16(18)19)11(10(14)8(7)2)15-12(17)20-13(3,4)5/h6H,1-5H3,(H,15,17). The van der Waals surface area contributed by atoms with Crippen LogP contribution in [-0.2, 0) is 4.74 Å². The second-order valence-electron chi connectivity index (χ2n) is 5.41. The van der Waals surface area contributed by atoms with Crippen molar-refractivity contribution in [1.29, 1.82) is 0 Å². The molecular weight excluding hydrogens is 328 g/mol. The zero-order chi connectivity index (χ0) is 15.7. The molecule has 6 nitrogen and oxygen atoms in total. The Bertz CT molecular complexity index is 564. The van der Waals surface area contributed by atoms with Crippen molar-refractivity contribution >= 4 is 33.4 Å². The molecule has 0 saturated carbocycles. The Kier molecular flexibility index (Phi) is 4.75. The van der Waals surface area contributed by atoms with Crippen LogP contribution in [-0.4, -0.2) is 16.6 Å². The zero-order valence-electron chi connectivity index (χ0n) is 12.0. The third-order valence-electron chi connectivity index (χ3n) is 2.57. The summed E-state index contributed by atoms with van der Waals surface area (Å²) in [5.74, 6) is 0. The smallest absolute Gasteiger partial charge is 0.412 e. The number of rotatable bonds is 2. The molecule has 7 heteroatoms. The Labute approximate surface area is 125 Å². The molecule has 0 radical (unpaired) electrons. The molecule has 1 aromatic rings. The second-order valence-corrected chi connectivity index (χ2v) is 6.20. The molecule has 1 amide bonds. The molecule has 0 aliphatic rings. The fourth-order valence-electron chi connectivity index (χ4n) is 1.53. The number of benzene rings is 1. The normalized spacial score (nSPS) is 11.1. The lowest BCUT2D eigenvalue weighted by atomic mass is 10.1. The quantitative estimate of drug-likeness (QED) is 0.639. The maximum absolute atomic E-state index is 11.8. The number of carbonyl (C=O) groups is 1. The van der Waals surface area contributed by atoms with Crippen LogP contribution in [0.15, 0.2) is 10.5 Å². The molecule has 0 spiro atoms. The number of aryl methyl sites for hydroxylation is 1. The van der Waals surface area contributed by atoms with Crippen LogP contribution < -0.4 is 5.32 Å². The van der Waals surface area contributed by atoms with Crippen LogP contribution >= 0.6 is 15.9 Å². The largest absolute Gasteiger partial charge is 0.444 e. The first-order chi connectivity index (χ1) is 9.03. The topological polar surface area (TPSA) is 81.5 Å². The third kappa shape index (κ3) is 3.93. The number of nitro benzene ring substituents is 1. The number of nitrogens with zero attached hydrogens (tertiary/aromatic N) is 1. The summed E-state index contributed by atoms with van der Waals surface area (Å²) in [4.78, 5) is 22.3. The van der Waals surface area contributed by atoms with Gasteiger partial charge in [0.05, 0.1) is 9.40 Å². The van der Waals surface area contributed by atoms with Crippen LogP contribution in [0, 0.1) is 24.0 Å². The highest BCUT2D eigenvalue weighted by Crippen LogP contribution is 2.37. The molecule has 20 heavy (non-hydrogen) atoms. The SMILES string of the molecule is Cc1cc([N+](=O)[O-])c(NC(=O)OC(C)(C)C)c(Br)c1C. The number of nitro groups is 1. The minimum absolute atomic E-state index is 0.104. The van der Waals surface area contributed by atoms with Gasteiger partial charge in [-0.25, -0.2) is 4.79 Å². The fourth-order valence-corrected chi connectivity index (χ4v) is 2.14. The van der Waals surface area contributed by atoms with E-state index in [4.69, 9.17) is 4.74 Å². The summed E-state index contributed by atoms with van der Waals surface area (Å²) >= 11 is 3.28. The van der Waals surface area contributed by atoms with Crippen molar-refractivity contribution in [2.75, 3.05) is 5.32 Å². The van der Waals surface area contributed by atoms with Crippen molar-refractivity contribution < 1.29 is 14.5 Å². The van der Waals surface area contributed by atoms with Gasteiger partial charge in [0.2, 0.25) is 0 Å². The molecule has 110 valence electrons. The van der Waals surface area contributed by atoms with Crippen molar-refractivity contribution in [1.82, 2.24) is 0 Å². The Hall–Kier alpha value is -1.63. The predicted octanol–water partition coefficient (Wildman–Crippen LogP) is 4.32. The van der Waals surface area contributed by atoms with E-state index >= 15 is 0 Å². The van der Waals surface area contributed by atoms with Crippen LogP contribution in [0.2, 0.25) is 0 Å². The van der Waals surface area contributed by atoms with Gasteiger partial charge in [0, 0.05) is 6.07 Å². The van der Waals surface area contributed by atoms with Crippen molar-refractivity contribution in [3.63, 3.8) is 0 Å². The monoisotopic (exact) mass is 344 g/mol. The highest BCUT2D eigenvalue weighted by Gasteiger charge is 2.24. The lowest BCUT2D eigenvalue weighted by Crippen LogP contribution is -2.27. The van der Waals surface area contributed by atoms with E-state index in [1.807, 2.05) is 6.92 Å². The molecule has 1 N–H and O–H groups in total. The average Bonchev–Trinajstić information content (AvgIpc) is 2.27. The van der Waals surface area contributed by atoms with E-state index in [1.54, 1.807) is 27.7 Å².